The van der Waals surface area contributed by atoms with Crippen molar-refractivity contribution in [3.8, 4) is 5.75 Å². The molecule has 118 valence electrons. The minimum Gasteiger partial charge on any atom is -0.507 e. The van der Waals surface area contributed by atoms with Gasteiger partial charge >= 0.3 is 0 Å². The lowest BCUT2D eigenvalue weighted by atomic mass is 9.95. The molecule has 4 rings (SSSR count). The SMILES string of the molecule is O=C(Nc1cccc2c1CCC=C2)c1cc2ccccc2cc1O. The molecule has 1 amide bonds. The maximum atomic E-state index is 12.7. The second-order valence-electron chi connectivity index (χ2n) is 5.99. The van der Waals surface area contributed by atoms with E-state index >= 15 is 0 Å². The maximum absolute atomic E-state index is 12.7. The molecule has 2 N–H and O–H groups in total. The molecule has 0 heterocycles. The third-order valence-electron chi connectivity index (χ3n) is 4.43. The van der Waals surface area contributed by atoms with E-state index < -0.39 is 0 Å². The number of carbonyl (C=O) groups excluding carboxylic acids is 1. The Morgan fingerprint density at radius 2 is 1.79 bits per heavy atom. The Morgan fingerprint density at radius 3 is 2.62 bits per heavy atom. The summed E-state index contributed by atoms with van der Waals surface area (Å²) in [5, 5.41) is 15.0. The smallest absolute Gasteiger partial charge is 0.259 e. The van der Waals surface area contributed by atoms with E-state index in [9.17, 15) is 9.90 Å². The summed E-state index contributed by atoms with van der Waals surface area (Å²) in [7, 11) is 0. The highest BCUT2D eigenvalue weighted by Gasteiger charge is 2.16. The van der Waals surface area contributed by atoms with E-state index in [1.54, 1.807) is 12.1 Å². The molecule has 3 aromatic rings. The van der Waals surface area contributed by atoms with Gasteiger partial charge in [0.15, 0.2) is 0 Å². The Kier molecular flexibility index (Phi) is 3.54. The predicted molar refractivity (Wildman–Crippen MR) is 97.4 cm³/mol. The van der Waals surface area contributed by atoms with Crippen molar-refractivity contribution in [1.29, 1.82) is 0 Å². The van der Waals surface area contributed by atoms with Gasteiger partial charge in [-0.05, 0) is 52.9 Å². The fraction of sp³-hybridized carbons (Fsp3) is 0.0952. The highest BCUT2D eigenvalue weighted by atomic mass is 16.3. The number of nitrogens with one attached hydrogen (secondary N) is 1. The molecular weight excluding hydrogens is 298 g/mol. The molecule has 0 spiro atoms. The van der Waals surface area contributed by atoms with Crippen LogP contribution in [0, 0.1) is 0 Å². The van der Waals surface area contributed by atoms with Crippen LogP contribution < -0.4 is 5.32 Å². The van der Waals surface area contributed by atoms with Crippen LogP contribution in [0.4, 0.5) is 5.69 Å². The highest BCUT2D eigenvalue weighted by Crippen LogP contribution is 2.29. The van der Waals surface area contributed by atoms with E-state index in [1.165, 1.54) is 0 Å². The molecule has 0 saturated heterocycles. The lowest BCUT2D eigenvalue weighted by Gasteiger charge is -2.16. The molecule has 0 aliphatic heterocycles. The van der Waals surface area contributed by atoms with Crippen LogP contribution >= 0.6 is 0 Å². The van der Waals surface area contributed by atoms with Crippen molar-refractivity contribution in [2.75, 3.05) is 5.32 Å². The van der Waals surface area contributed by atoms with Crippen molar-refractivity contribution in [3.05, 3.63) is 77.4 Å². The Labute approximate surface area is 140 Å². The number of amides is 1. The molecule has 24 heavy (non-hydrogen) atoms. The summed E-state index contributed by atoms with van der Waals surface area (Å²) < 4.78 is 0. The average molecular weight is 315 g/mol. The minimum absolute atomic E-state index is 0.00380. The zero-order valence-corrected chi connectivity index (χ0v) is 13.1. The zero-order chi connectivity index (χ0) is 16.5. The van der Waals surface area contributed by atoms with E-state index in [0.717, 1.165) is 40.4 Å². The van der Waals surface area contributed by atoms with Gasteiger partial charge in [0.2, 0.25) is 0 Å². The summed E-state index contributed by atoms with van der Waals surface area (Å²) in [4.78, 5) is 12.7. The van der Waals surface area contributed by atoms with Crippen LogP contribution in [-0.2, 0) is 6.42 Å². The molecular formula is C21H17NO2. The van der Waals surface area contributed by atoms with Crippen LogP contribution in [0.1, 0.15) is 27.9 Å². The first-order valence-corrected chi connectivity index (χ1v) is 8.04. The second kappa shape index (κ2) is 5.85. The standard InChI is InChI=1S/C21H17NO2/c23-20-13-16-8-2-1-7-15(16)12-18(20)21(24)22-19-11-5-9-14-6-3-4-10-17(14)19/h1-3,5-9,11-13,23H,4,10H2,(H,22,24). The van der Waals surface area contributed by atoms with E-state index in [1.807, 2.05) is 42.5 Å². The normalized spacial score (nSPS) is 12.8. The van der Waals surface area contributed by atoms with Gasteiger partial charge in [0.1, 0.15) is 5.75 Å². The van der Waals surface area contributed by atoms with Crippen molar-refractivity contribution in [3.63, 3.8) is 0 Å². The Hall–Kier alpha value is -3.07. The summed E-state index contributed by atoms with van der Waals surface area (Å²) in [5.41, 5.74) is 3.39. The number of allylic oxidation sites excluding steroid dienone is 1. The number of hydrogen-bond donors (Lipinski definition) is 2. The number of rotatable bonds is 2. The van der Waals surface area contributed by atoms with Crippen molar-refractivity contribution < 1.29 is 9.90 Å². The van der Waals surface area contributed by atoms with Crippen molar-refractivity contribution in [2.24, 2.45) is 0 Å². The second-order valence-corrected chi connectivity index (χ2v) is 5.99. The number of anilines is 1. The quantitative estimate of drug-likeness (QED) is 0.716. The lowest BCUT2D eigenvalue weighted by molar-refractivity contribution is 0.102. The largest absolute Gasteiger partial charge is 0.507 e. The molecule has 3 nitrogen and oxygen atoms in total. The monoisotopic (exact) mass is 315 g/mol. The molecule has 1 aliphatic carbocycles. The first kappa shape index (κ1) is 14.5. The molecule has 0 fully saturated rings. The van der Waals surface area contributed by atoms with Crippen LogP contribution in [0.2, 0.25) is 0 Å². The van der Waals surface area contributed by atoms with Gasteiger partial charge in [-0.1, -0.05) is 48.6 Å². The molecule has 0 aromatic heterocycles. The van der Waals surface area contributed by atoms with Crippen molar-refractivity contribution in [1.82, 2.24) is 0 Å². The van der Waals surface area contributed by atoms with Gasteiger partial charge in [-0.15, -0.1) is 0 Å². The average Bonchev–Trinajstić information content (AvgIpc) is 2.61. The van der Waals surface area contributed by atoms with Crippen molar-refractivity contribution in [2.45, 2.75) is 12.8 Å². The zero-order valence-electron chi connectivity index (χ0n) is 13.1. The van der Waals surface area contributed by atoms with Crippen LogP contribution in [-0.4, -0.2) is 11.0 Å². The maximum Gasteiger partial charge on any atom is 0.259 e. The number of phenols is 1. The summed E-state index contributed by atoms with van der Waals surface area (Å²) in [6.07, 6.45) is 6.11. The van der Waals surface area contributed by atoms with Gasteiger partial charge in [-0.2, -0.15) is 0 Å². The van der Waals surface area contributed by atoms with Gasteiger partial charge in [-0.25, -0.2) is 0 Å². The molecule has 3 heteroatoms. The van der Waals surface area contributed by atoms with Crippen molar-refractivity contribution >= 4 is 28.4 Å². The fourth-order valence-electron chi connectivity index (χ4n) is 3.19. The minimum atomic E-state index is -0.291. The van der Waals surface area contributed by atoms with E-state index in [-0.39, 0.29) is 17.2 Å². The molecule has 1 aliphatic rings. The molecule has 0 atom stereocenters. The van der Waals surface area contributed by atoms with Gasteiger partial charge in [0.05, 0.1) is 5.56 Å². The van der Waals surface area contributed by atoms with Gasteiger partial charge < -0.3 is 10.4 Å². The number of benzene rings is 3. The third-order valence-corrected chi connectivity index (χ3v) is 4.43. The van der Waals surface area contributed by atoms with E-state index in [2.05, 4.69) is 17.5 Å². The first-order valence-electron chi connectivity index (χ1n) is 8.04. The van der Waals surface area contributed by atoms with Gasteiger partial charge in [0.25, 0.3) is 5.91 Å². The van der Waals surface area contributed by atoms with Crippen LogP contribution in [0.5, 0.6) is 5.75 Å². The summed E-state index contributed by atoms with van der Waals surface area (Å²) in [6.45, 7) is 0. The van der Waals surface area contributed by atoms with Crippen LogP contribution in [0.15, 0.2) is 60.7 Å². The number of phenolic OH excluding ortho intramolecular Hbond substituents is 1. The van der Waals surface area contributed by atoms with E-state index in [4.69, 9.17) is 0 Å². The molecule has 0 radical (unpaired) electrons. The topological polar surface area (TPSA) is 49.3 Å². The summed E-state index contributed by atoms with van der Waals surface area (Å²) >= 11 is 0. The molecule has 0 bridgehead atoms. The van der Waals surface area contributed by atoms with Crippen LogP contribution in [0.25, 0.3) is 16.8 Å². The first-order chi connectivity index (χ1) is 11.7. The molecule has 3 aromatic carbocycles. The summed E-state index contributed by atoms with van der Waals surface area (Å²) in [5.74, 6) is -0.294. The Balaban J connectivity index is 1.70. The Bertz CT molecular complexity index is 973. The number of hydrogen-bond acceptors (Lipinski definition) is 2. The predicted octanol–water partition coefficient (Wildman–Crippen LogP) is 4.76. The number of carbonyl (C=O) groups is 1. The van der Waals surface area contributed by atoms with Gasteiger partial charge in [-0.3, -0.25) is 4.79 Å². The summed E-state index contributed by atoms with van der Waals surface area (Å²) in [6, 6.07) is 16.9. The molecule has 0 saturated carbocycles. The number of aromatic hydroxyl groups is 1. The fourth-order valence-corrected chi connectivity index (χ4v) is 3.19. The lowest BCUT2D eigenvalue weighted by Crippen LogP contribution is -2.14. The van der Waals surface area contributed by atoms with Crippen LogP contribution in [0.3, 0.4) is 0 Å². The number of fused-ring (bicyclic) bond motifs is 2. The highest BCUT2D eigenvalue weighted by molar-refractivity contribution is 6.09. The van der Waals surface area contributed by atoms with Gasteiger partial charge in [0, 0.05) is 5.69 Å². The Morgan fingerprint density at radius 1 is 1.00 bits per heavy atom. The molecule has 0 unspecified atom stereocenters. The third kappa shape index (κ3) is 2.54. The van der Waals surface area contributed by atoms with E-state index in [0.29, 0.717) is 0 Å².